The SMILES string of the molecule is CC(CNC(=O)C1CCC(C(C)C)CC1)CC(=O)O. The van der Waals surface area contributed by atoms with Gasteiger partial charge in [-0.2, -0.15) is 0 Å². The first-order chi connectivity index (χ1) is 8.90. The topological polar surface area (TPSA) is 66.4 Å². The van der Waals surface area contributed by atoms with Crippen LogP contribution in [0.2, 0.25) is 0 Å². The number of aliphatic carboxylic acids is 1. The average molecular weight is 269 g/mol. The van der Waals surface area contributed by atoms with Crippen LogP contribution in [0.25, 0.3) is 0 Å². The first-order valence-electron chi connectivity index (χ1n) is 7.39. The van der Waals surface area contributed by atoms with Gasteiger partial charge in [-0.3, -0.25) is 9.59 Å². The molecule has 0 aliphatic heterocycles. The summed E-state index contributed by atoms with van der Waals surface area (Å²) >= 11 is 0. The number of carbonyl (C=O) groups excluding carboxylic acids is 1. The molecule has 19 heavy (non-hydrogen) atoms. The van der Waals surface area contributed by atoms with E-state index in [1.807, 2.05) is 6.92 Å². The van der Waals surface area contributed by atoms with Gasteiger partial charge in [0.15, 0.2) is 0 Å². The van der Waals surface area contributed by atoms with Crippen molar-refractivity contribution in [3.05, 3.63) is 0 Å². The molecular formula is C15H27NO3. The lowest BCUT2D eigenvalue weighted by Gasteiger charge is -2.30. The van der Waals surface area contributed by atoms with Crippen LogP contribution in [0.4, 0.5) is 0 Å². The highest BCUT2D eigenvalue weighted by atomic mass is 16.4. The number of nitrogens with one attached hydrogen (secondary N) is 1. The third-order valence-electron chi connectivity index (χ3n) is 4.23. The fraction of sp³-hybridized carbons (Fsp3) is 0.867. The summed E-state index contributed by atoms with van der Waals surface area (Å²) in [6.45, 7) is 6.82. The highest BCUT2D eigenvalue weighted by Crippen LogP contribution is 2.33. The van der Waals surface area contributed by atoms with Crippen molar-refractivity contribution in [3.8, 4) is 0 Å². The average Bonchev–Trinajstić information content (AvgIpc) is 2.35. The fourth-order valence-electron chi connectivity index (χ4n) is 2.84. The van der Waals surface area contributed by atoms with Gasteiger partial charge in [0.25, 0.3) is 0 Å². The molecule has 1 saturated carbocycles. The minimum Gasteiger partial charge on any atom is -0.481 e. The van der Waals surface area contributed by atoms with Crippen LogP contribution in [0, 0.1) is 23.7 Å². The van der Waals surface area contributed by atoms with E-state index in [0.29, 0.717) is 12.5 Å². The minimum absolute atomic E-state index is 0.00606. The van der Waals surface area contributed by atoms with Gasteiger partial charge in [0.2, 0.25) is 5.91 Å². The minimum atomic E-state index is -0.806. The predicted molar refractivity (Wildman–Crippen MR) is 74.7 cm³/mol. The molecule has 110 valence electrons. The first-order valence-corrected chi connectivity index (χ1v) is 7.39. The summed E-state index contributed by atoms with van der Waals surface area (Å²) in [5, 5.41) is 11.6. The van der Waals surface area contributed by atoms with Crippen LogP contribution < -0.4 is 5.32 Å². The van der Waals surface area contributed by atoms with E-state index in [9.17, 15) is 9.59 Å². The van der Waals surface area contributed by atoms with Crippen molar-refractivity contribution >= 4 is 11.9 Å². The van der Waals surface area contributed by atoms with Gasteiger partial charge < -0.3 is 10.4 Å². The highest BCUT2D eigenvalue weighted by molar-refractivity contribution is 5.78. The van der Waals surface area contributed by atoms with Gasteiger partial charge in [-0.25, -0.2) is 0 Å². The molecule has 4 nitrogen and oxygen atoms in total. The monoisotopic (exact) mass is 269 g/mol. The number of hydrogen-bond donors (Lipinski definition) is 2. The zero-order chi connectivity index (χ0) is 14.4. The number of carboxylic acids is 1. The molecule has 1 amide bonds. The van der Waals surface area contributed by atoms with Crippen molar-refractivity contribution in [1.29, 1.82) is 0 Å². The van der Waals surface area contributed by atoms with Gasteiger partial charge in [0.1, 0.15) is 0 Å². The summed E-state index contributed by atoms with van der Waals surface area (Å²) in [7, 11) is 0. The van der Waals surface area contributed by atoms with Crippen LogP contribution >= 0.6 is 0 Å². The molecule has 0 saturated heterocycles. The molecule has 1 unspecified atom stereocenters. The summed E-state index contributed by atoms with van der Waals surface area (Å²) in [5.41, 5.74) is 0. The molecular weight excluding hydrogens is 242 g/mol. The van der Waals surface area contributed by atoms with Gasteiger partial charge in [0, 0.05) is 18.9 Å². The Morgan fingerprint density at radius 3 is 2.21 bits per heavy atom. The standard InChI is InChI=1S/C15H27NO3/c1-10(2)12-4-6-13(7-5-12)15(19)16-9-11(3)8-14(17)18/h10-13H,4-9H2,1-3H3,(H,16,19)(H,17,18). The Hall–Kier alpha value is -1.06. The van der Waals surface area contributed by atoms with Crippen LogP contribution in [-0.2, 0) is 9.59 Å². The lowest BCUT2D eigenvalue weighted by Crippen LogP contribution is -2.36. The molecule has 0 radical (unpaired) electrons. The second-order valence-corrected chi connectivity index (χ2v) is 6.30. The fourth-order valence-corrected chi connectivity index (χ4v) is 2.84. The maximum Gasteiger partial charge on any atom is 0.303 e. The highest BCUT2D eigenvalue weighted by Gasteiger charge is 2.27. The zero-order valence-electron chi connectivity index (χ0n) is 12.3. The van der Waals surface area contributed by atoms with Crippen LogP contribution in [0.3, 0.4) is 0 Å². The van der Waals surface area contributed by atoms with E-state index in [4.69, 9.17) is 5.11 Å². The van der Waals surface area contributed by atoms with Crippen molar-refractivity contribution in [2.24, 2.45) is 23.7 Å². The lowest BCUT2D eigenvalue weighted by molar-refractivity contribution is -0.138. The maximum absolute atomic E-state index is 12.0. The Morgan fingerprint density at radius 2 is 1.74 bits per heavy atom. The number of carboxylic acid groups (broad SMARTS) is 1. The maximum atomic E-state index is 12.0. The number of hydrogen-bond acceptors (Lipinski definition) is 2. The third kappa shape index (κ3) is 5.62. The largest absolute Gasteiger partial charge is 0.481 e. The van der Waals surface area contributed by atoms with E-state index >= 15 is 0 Å². The van der Waals surface area contributed by atoms with Crippen molar-refractivity contribution < 1.29 is 14.7 Å². The second-order valence-electron chi connectivity index (χ2n) is 6.30. The first kappa shape index (κ1) is 16.0. The lowest BCUT2D eigenvalue weighted by atomic mass is 9.76. The number of amides is 1. The van der Waals surface area contributed by atoms with Crippen molar-refractivity contribution in [2.45, 2.75) is 52.9 Å². The Labute approximate surface area is 116 Å². The van der Waals surface area contributed by atoms with E-state index in [1.54, 1.807) is 0 Å². The summed E-state index contributed by atoms with van der Waals surface area (Å²) < 4.78 is 0. The smallest absolute Gasteiger partial charge is 0.303 e. The van der Waals surface area contributed by atoms with Crippen LogP contribution in [0.5, 0.6) is 0 Å². The van der Waals surface area contributed by atoms with Crippen LogP contribution in [0.1, 0.15) is 52.9 Å². The van der Waals surface area contributed by atoms with E-state index < -0.39 is 5.97 Å². The summed E-state index contributed by atoms with van der Waals surface area (Å²) in [4.78, 5) is 22.5. The van der Waals surface area contributed by atoms with Crippen LogP contribution in [-0.4, -0.2) is 23.5 Å². The number of rotatable bonds is 6. The zero-order valence-corrected chi connectivity index (χ0v) is 12.3. The van der Waals surface area contributed by atoms with Crippen molar-refractivity contribution in [1.82, 2.24) is 5.32 Å². The van der Waals surface area contributed by atoms with Gasteiger partial charge in [-0.1, -0.05) is 20.8 Å². The molecule has 0 heterocycles. The Balaban J connectivity index is 2.26. The molecule has 1 aliphatic rings. The summed E-state index contributed by atoms with van der Waals surface area (Å²) in [6.07, 6.45) is 4.34. The quantitative estimate of drug-likeness (QED) is 0.779. The van der Waals surface area contributed by atoms with Crippen molar-refractivity contribution in [2.75, 3.05) is 6.54 Å². The molecule has 0 aromatic rings. The Kier molecular flexibility index (Phi) is 6.32. The van der Waals surface area contributed by atoms with Gasteiger partial charge in [0.05, 0.1) is 0 Å². The molecule has 0 aromatic heterocycles. The Bertz CT molecular complexity index is 307. The van der Waals surface area contributed by atoms with Gasteiger partial charge in [-0.05, 0) is 43.4 Å². The van der Waals surface area contributed by atoms with Crippen molar-refractivity contribution in [3.63, 3.8) is 0 Å². The molecule has 4 heteroatoms. The molecule has 2 N–H and O–H groups in total. The molecule has 1 fully saturated rings. The normalized spacial score (nSPS) is 25.1. The molecule has 0 bridgehead atoms. The molecule has 1 aliphatic carbocycles. The molecule has 1 atom stereocenters. The van der Waals surface area contributed by atoms with E-state index in [2.05, 4.69) is 19.2 Å². The Morgan fingerprint density at radius 1 is 1.16 bits per heavy atom. The van der Waals surface area contributed by atoms with E-state index in [-0.39, 0.29) is 24.2 Å². The summed E-state index contributed by atoms with van der Waals surface area (Å²) in [5.74, 6) is 0.897. The molecule has 0 aromatic carbocycles. The molecule has 1 rings (SSSR count). The number of carbonyl (C=O) groups is 2. The predicted octanol–water partition coefficient (Wildman–Crippen LogP) is 2.68. The second kappa shape index (κ2) is 7.51. The van der Waals surface area contributed by atoms with E-state index in [1.165, 1.54) is 0 Å². The van der Waals surface area contributed by atoms with Crippen LogP contribution in [0.15, 0.2) is 0 Å². The van der Waals surface area contributed by atoms with Gasteiger partial charge >= 0.3 is 5.97 Å². The van der Waals surface area contributed by atoms with E-state index in [0.717, 1.165) is 31.6 Å². The summed E-state index contributed by atoms with van der Waals surface area (Å²) in [6, 6.07) is 0. The molecule has 0 spiro atoms. The third-order valence-corrected chi connectivity index (χ3v) is 4.23. The van der Waals surface area contributed by atoms with Gasteiger partial charge in [-0.15, -0.1) is 0 Å².